The van der Waals surface area contributed by atoms with Gasteiger partial charge in [-0.1, -0.05) is 29.8 Å². The average molecular weight is 485 g/mol. The summed E-state index contributed by atoms with van der Waals surface area (Å²) in [5, 5.41) is 1.23. The van der Waals surface area contributed by atoms with Crippen LogP contribution in [0.5, 0.6) is 5.75 Å². The Morgan fingerprint density at radius 1 is 1.21 bits per heavy atom. The molecule has 178 valence electrons. The van der Waals surface area contributed by atoms with Crippen molar-refractivity contribution in [2.45, 2.75) is 32.8 Å². The maximum Gasteiger partial charge on any atom is 0.310 e. The molecule has 0 saturated carbocycles. The highest BCUT2D eigenvalue weighted by molar-refractivity contribution is 6.33. The number of hydrogen-bond acceptors (Lipinski definition) is 5. The predicted octanol–water partition coefficient (Wildman–Crippen LogP) is 5.26. The molecule has 1 aliphatic heterocycles. The number of benzene rings is 2. The summed E-state index contributed by atoms with van der Waals surface area (Å²) in [7, 11) is 0. The van der Waals surface area contributed by atoms with E-state index in [0.717, 1.165) is 6.42 Å². The number of likely N-dealkylation sites (tertiary alicyclic amines) is 1. The van der Waals surface area contributed by atoms with Gasteiger partial charge in [-0.05, 0) is 50.5 Å². The van der Waals surface area contributed by atoms with Crippen LogP contribution in [0.25, 0.3) is 22.0 Å². The van der Waals surface area contributed by atoms with Crippen molar-refractivity contribution in [3.8, 4) is 16.9 Å². The quantitative estimate of drug-likeness (QED) is 0.352. The Morgan fingerprint density at radius 2 is 2.00 bits per heavy atom. The van der Waals surface area contributed by atoms with Crippen LogP contribution in [0, 0.1) is 11.9 Å². The zero-order valence-electron chi connectivity index (χ0n) is 19.1. The second kappa shape index (κ2) is 10.4. The van der Waals surface area contributed by atoms with Gasteiger partial charge >= 0.3 is 5.97 Å². The number of carbonyl (C=O) groups is 2. The molecule has 0 aliphatic carbocycles. The summed E-state index contributed by atoms with van der Waals surface area (Å²) in [4.78, 5) is 30.7. The Hall–Kier alpha value is -3.19. The summed E-state index contributed by atoms with van der Waals surface area (Å²) in [6, 6.07) is 13.7. The fourth-order valence-electron chi connectivity index (χ4n) is 4.29. The second-order valence-corrected chi connectivity index (χ2v) is 8.69. The fourth-order valence-corrected chi connectivity index (χ4v) is 4.53. The van der Waals surface area contributed by atoms with Crippen LogP contribution in [-0.2, 0) is 14.3 Å². The molecule has 1 amide bonds. The number of nitrogens with zero attached hydrogens (tertiary/aromatic N) is 2. The number of fused-ring (bicyclic) bond motifs is 1. The monoisotopic (exact) mass is 484 g/mol. The lowest BCUT2D eigenvalue weighted by molar-refractivity contribution is -0.152. The molecule has 2 heterocycles. The van der Waals surface area contributed by atoms with Crippen LogP contribution in [0.15, 0.2) is 48.5 Å². The number of hydrogen-bond donors (Lipinski definition) is 0. The number of aromatic nitrogens is 1. The van der Waals surface area contributed by atoms with Crippen molar-refractivity contribution in [3.05, 3.63) is 59.5 Å². The van der Waals surface area contributed by atoms with Crippen molar-refractivity contribution in [2.75, 3.05) is 19.7 Å². The molecule has 6 nitrogen and oxygen atoms in total. The first-order valence-electron chi connectivity index (χ1n) is 11.3. The van der Waals surface area contributed by atoms with Gasteiger partial charge < -0.3 is 14.4 Å². The third kappa shape index (κ3) is 5.14. The van der Waals surface area contributed by atoms with E-state index in [1.807, 2.05) is 18.2 Å². The van der Waals surface area contributed by atoms with Crippen LogP contribution in [-0.4, -0.2) is 47.6 Å². The molecule has 1 aliphatic rings. The molecular weight excluding hydrogens is 459 g/mol. The third-order valence-corrected chi connectivity index (χ3v) is 6.26. The molecule has 1 aromatic heterocycles. The highest BCUT2D eigenvalue weighted by Gasteiger charge is 2.32. The van der Waals surface area contributed by atoms with Crippen molar-refractivity contribution in [1.82, 2.24) is 9.88 Å². The number of piperidine rings is 1. The standard InChI is InChI=1S/C26H26ClFN2O4/c1-3-33-26(32)17-7-6-12-30(15-17)25(31)16(2)34-18-10-11-20-21(14-24(28)29-23(20)13-18)19-8-4-5-9-22(19)27/h4-5,8-11,13-14,16-17H,3,6-7,12,15H2,1-2H3/t16?,17-/m0/s1. The highest BCUT2D eigenvalue weighted by Crippen LogP contribution is 2.34. The highest BCUT2D eigenvalue weighted by atomic mass is 35.5. The van der Waals surface area contributed by atoms with Gasteiger partial charge in [0.05, 0.1) is 18.0 Å². The molecule has 1 fully saturated rings. The molecule has 1 saturated heterocycles. The van der Waals surface area contributed by atoms with Crippen LogP contribution in [0.2, 0.25) is 5.02 Å². The molecule has 34 heavy (non-hydrogen) atoms. The first-order chi connectivity index (χ1) is 16.4. The summed E-state index contributed by atoms with van der Waals surface area (Å²) in [5.41, 5.74) is 1.73. The smallest absolute Gasteiger partial charge is 0.310 e. The largest absolute Gasteiger partial charge is 0.481 e. The van der Waals surface area contributed by atoms with Crippen LogP contribution < -0.4 is 4.74 Å². The number of rotatable bonds is 6. The minimum absolute atomic E-state index is 0.210. The number of amides is 1. The van der Waals surface area contributed by atoms with Gasteiger partial charge in [-0.2, -0.15) is 4.39 Å². The predicted molar refractivity (Wildman–Crippen MR) is 128 cm³/mol. The van der Waals surface area contributed by atoms with Crippen LogP contribution in [0.4, 0.5) is 4.39 Å². The van der Waals surface area contributed by atoms with Gasteiger partial charge in [-0.15, -0.1) is 0 Å². The van der Waals surface area contributed by atoms with Gasteiger partial charge in [0.25, 0.3) is 5.91 Å². The average Bonchev–Trinajstić information content (AvgIpc) is 2.83. The summed E-state index contributed by atoms with van der Waals surface area (Å²) in [5.74, 6) is -1.04. The first-order valence-corrected chi connectivity index (χ1v) is 11.7. The van der Waals surface area contributed by atoms with Gasteiger partial charge in [-0.3, -0.25) is 9.59 Å². The lowest BCUT2D eigenvalue weighted by atomic mass is 9.98. The zero-order valence-corrected chi connectivity index (χ0v) is 19.8. The van der Waals surface area contributed by atoms with Gasteiger partial charge in [-0.25, -0.2) is 4.98 Å². The molecule has 4 rings (SSSR count). The van der Waals surface area contributed by atoms with Crippen LogP contribution >= 0.6 is 11.6 Å². The first kappa shape index (κ1) is 24.0. The van der Waals surface area contributed by atoms with E-state index in [9.17, 15) is 14.0 Å². The van der Waals surface area contributed by atoms with Gasteiger partial charge in [0, 0.05) is 41.2 Å². The third-order valence-electron chi connectivity index (χ3n) is 5.93. The van der Waals surface area contributed by atoms with E-state index in [0.29, 0.717) is 58.9 Å². The van der Waals surface area contributed by atoms with Crippen molar-refractivity contribution < 1.29 is 23.5 Å². The second-order valence-electron chi connectivity index (χ2n) is 8.29. The molecular formula is C26H26ClFN2O4. The molecule has 0 N–H and O–H groups in total. The zero-order chi connectivity index (χ0) is 24.2. The summed E-state index contributed by atoms with van der Waals surface area (Å²) in [6.45, 7) is 4.62. The van der Waals surface area contributed by atoms with Crippen molar-refractivity contribution in [3.63, 3.8) is 0 Å². The lowest BCUT2D eigenvalue weighted by Gasteiger charge is -2.33. The van der Waals surface area contributed by atoms with Crippen LogP contribution in [0.1, 0.15) is 26.7 Å². The molecule has 2 aromatic carbocycles. The van der Waals surface area contributed by atoms with E-state index in [2.05, 4.69) is 4.98 Å². The lowest BCUT2D eigenvalue weighted by Crippen LogP contribution is -2.47. The number of ether oxygens (including phenoxy) is 2. The van der Waals surface area contributed by atoms with E-state index in [1.54, 1.807) is 43.0 Å². The minimum atomic E-state index is -0.782. The molecule has 0 spiro atoms. The summed E-state index contributed by atoms with van der Waals surface area (Å²) < 4.78 is 25.3. The molecule has 3 aromatic rings. The SMILES string of the molecule is CCOC(=O)[C@H]1CCCN(C(=O)C(C)Oc2ccc3c(-c4ccccc4Cl)cc(F)nc3c2)C1. The van der Waals surface area contributed by atoms with Crippen molar-refractivity contribution in [1.29, 1.82) is 0 Å². The number of esters is 1. The molecule has 1 unspecified atom stereocenters. The Balaban J connectivity index is 1.53. The van der Waals surface area contributed by atoms with E-state index in [4.69, 9.17) is 21.1 Å². The molecule has 8 heteroatoms. The Kier molecular flexibility index (Phi) is 7.32. The maximum absolute atomic E-state index is 14.3. The van der Waals surface area contributed by atoms with Gasteiger partial charge in [0.2, 0.25) is 5.95 Å². The van der Waals surface area contributed by atoms with E-state index >= 15 is 0 Å². The summed E-state index contributed by atoms with van der Waals surface area (Å²) >= 11 is 6.33. The van der Waals surface area contributed by atoms with Gasteiger partial charge in [0.1, 0.15) is 5.75 Å². The normalized spacial score (nSPS) is 16.8. The van der Waals surface area contributed by atoms with E-state index in [1.165, 1.54) is 6.07 Å². The maximum atomic E-state index is 14.3. The molecule has 0 radical (unpaired) electrons. The number of halogens is 2. The van der Waals surface area contributed by atoms with Crippen molar-refractivity contribution in [2.24, 2.45) is 5.92 Å². The van der Waals surface area contributed by atoms with Crippen LogP contribution in [0.3, 0.4) is 0 Å². The fraction of sp³-hybridized carbons (Fsp3) is 0.346. The van der Waals surface area contributed by atoms with Gasteiger partial charge in [0.15, 0.2) is 6.10 Å². The Labute approximate surface area is 202 Å². The number of pyridine rings is 1. The number of carbonyl (C=O) groups excluding carboxylic acids is 2. The Morgan fingerprint density at radius 3 is 2.76 bits per heavy atom. The minimum Gasteiger partial charge on any atom is -0.481 e. The Bertz CT molecular complexity index is 1220. The topological polar surface area (TPSA) is 68.7 Å². The van der Waals surface area contributed by atoms with Crippen molar-refractivity contribution >= 4 is 34.4 Å². The molecule has 2 atom stereocenters. The van der Waals surface area contributed by atoms with E-state index in [-0.39, 0.29) is 17.8 Å². The van der Waals surface area contributed by atoms with E-state index < -0.39 is 12.1 Å². The molecule has 0 bridgehead atoms. The summed E-state index contributed by atoms with van der Waals surface area (Å²) in [6.07, 6.45) is 0.648.